The Morgan fingerprint density at radius 3 is 1.55 bits per heavy atom. The molecule has 0 unspecified atom stereocenters. The minimum Gasteiger partial charge on any atom is -0.309 e. The molecule has 0 N–H and O–H groups in total. The van der Waals surface area contributed by atoms with Crippen molar-refractivity contribution < 1.29 is 0 Å². The average Bonchev–Trinajstić information content (AvgIpc) is 3.46. The lowest BCUT2D eigenvalue weighted by Crippen LogP contribution is -2.14. The van der Waals surface area contributed by atoms with Crippen LogP contribution in [0, 0.1) is 0 Å². The number of aromatic nitrogens is 1. The number of nitrogens with zero attached hydrogens (tertiary/aromatic N) is 1. The fourth-order valence-corrected chi connectivity index (χ4v) is 6.76. The van der Waals surface area contributed by atoms with E-state index in [-0.39, 0.29) is 5.41 Å². The van der Waals surface area contributed by atoms with Crippen LogP contribution in [0.5, 0.6) is 0 Å². The lowest BCUT2D eigenvalue weighted by atomic mass is 9.82. The zero-order valence-electron chi connectivity index (χ0n) is 22.7. The van der Waals surface area contributed by atoms with Gasteiger partial charge in [-0.15, -0.1) is 0 Å². The van der Waals surface area contributed by atoms with Crippen molar-refractivity contribution in [2.75, 3.05) is 0 Å². The van der Waals surface area contributed by atoms with Gasteiger partial charge in [0.05, 0.1) is 11.0 Å². The van der Waals surface area contributed by atoms with Crippen molar-refractivity contribution in [2.45, 2.75) is 19.3 Å². The maximum absolute atomic E-state index is 2.37. The van der Waals surface area contributed by atoms with E-state index in [1.54, 1.807) is 0 Å². The summed E-state index contributed by atoms with van der Waals surface area (Å²) in [5.74, 6) is 0. The molecule has 190 valence electrons. The fourth-order valence-electron chi connectivity index (χ4n) is 6.76. The molecule has 0 fully saturated rings. The summed E-state index contributed by atoms with van der Waals surface area (Å²) in [6.45, 7) is 4.66. The van der Waals surface area contributed by atoms with Gasteiger partial charge in [0.1, 0.15) is 0 Å². The van der Waals surface area contributed by atoms with E-state index in [0.717, 1.165) is 0 Å². The van der Waals surface area contributed by atoms with Crippen LogP contribution < -0.4 is 0 Å². The fraction of sp³-hybridized carbons (Fsp3) is 0.0769. The van der Waals surface area contributed by atoms with Crippen molar-refractivity contribution in [1.82, 2.24) is 4.57 Å². The van der Waals surface area contributed by atoms with Crippen LogP contribution in [0.1, 0.15) is 25.0 Å². The summed E-state index contributed by atoms with van der Waals surface area (Å²) >= 11 is 0. The van der Waals surface area contributed by atoms with Crippen LogP contribution in [0.3, 0.4) is 0 Å². The standard InChI is InChI=1S/C39H29N/c1-39(2)35-12-6-3-9-31(35)34-25-29(21-24-36(34)39)28-17-15-26(16-18-28)27-19-22-30(23-20-27)40-37-13-7-4-10-32(37)33-11-5-8-14-38(33)40/h3-25H,1-2H3. The van der Waals surface area contributed by atoms with Crippen LogP contribution in [0.25, 0.3) is 60.9 Å². The third-order valence-electron chi connectivity index (χ3n) is 8.84. The average molecular weight is 512 g/mol. The number of benzene rings is 6. The van der Waals surface area contributed by atoms with Crippen LogP contribution in [0.4, 0.5) is 0 Å². The van der Waals surface area contributed by atoms with Gasteiger partial charge in [-0.1, -0.05) is 123 Å². The quantitative estimate of drug-likeness (QED) is 0.222. The SMILES string of the molecule is CC1(C)c2ccccc2-c2cc(-c3ccc(-c4ccc(-n5c6ccccc6c6ccccc65)cc4)cc3)ccc21. The van der Waals surface area contributed by atoms with Crippen molar-refractivity contribution in [1.29, 1.82) is 0 Å². The third-order valence-corrected chi connectivity index (χ3v) is 8.84. The molecule has 1 heterocycles. The van der Waals surface area contributed by atoms with Gasteiger partial charge in [0.25, 0.3) is 0 Å². The van der Waals surface area contributed by atoms with Crippen molar-refractivity contribution >= 4 is 21.8 Å². The van der Waals surface area contributed by atoms with Gasteiger partial charge in [-0.25, -0.2) is 0 Å². The molecule has 1 aliphatic rings. The smallest absolute Gasteiger partial charge is 0.0541 e. The molecule has 0 aliphatic heterocycles. The highest BCUT2D eigenvalue weighted by molar-refractivity contribution is 6.09. The Morgan fingerprint density at radius 2 is 0.900 bits per heavy atom. The lowest BCUT2D eigenvalue weighted by Gasteiger charge is -2.21. The Labute approximate surface area is 235 Å². The largest absolute Gasteiger partial charge is 0.309 e. The van der Waals surface area contributed by atoms with Crippen LogP contribution in [0.2, 0.25) is 0 Å². The first-order valence-electron chi connectivity index (χ1n) is 14.0. The van der Waals surface area contributed by atoms with Gasteiger partial charge in [-0.2, -0.15) is 0 Å². The van der Waals surface area contributed by atoms with Gasteiger partial charge in [0.2, 0.25) is 0 Å². The number of hydrogen-bond acceptors (Lipinski definition) is 0. The molecule has 0 saturated heterocycles. The molecule has 1 aromatic heterocycles. The van der Waals surface area contributed by atoms with Gasteiger partial charge in [-0.05, 0) is 74.8 Å². The van der Waals surface area contributed by atoms with E-state index in [1.165, 1.54) is 72.0 Å². The van der Waals surface area contributed by atoms with Gasteiger partial charge < -0.3 is 4.57 Å². The molecule has 1 nitrogen and oxygen atoms in total. The van der Waals surface area contributed by atoms with Crippen LogP contribution in [-0.2, 0) is 5.41 Å². The Bertz CT molecular complexity index is 2000. The molecule has 0 bridgehead atoms. The number of rotatable bonds is 3. The van der Waals surface area contributed by atoms with Crippen LogP contribution in [0.15, 0.2) is 140 Å². The summed E-state index contributed by atoms with van der Waals surface area (Å²) in [7, 11) is 0. The monoisotopic (exact) mass is 511 g/mol. The van der Waals surface area contributed by atoms with Crippen molar-refractivity contribution in [3.63, 3.8) is 0 Å². The molecule has 0 amide bonds. The van der Waals surface area contributed by atoms with Gasteiger partial charge in [0.15, 0.2) is 0 Å². The Kier molecular flexibility index (Phi) is 4.93. The maximum atomic E-state index is 2.37. The number of hydrogen-bond donors (Lipinski definition) is 0. The topological polar surface area (TPSA) is 4.93 Å². The Hall–Kier alpha value is -4.88. The molecule has 0 saturated carbocycles. The Morgan fingerprint density at radius 1 is 0.425 bits per heavy atom. The molecule has 0 atom stereocenters. The first-order valence-corrected chi connectivity index (χ1v) is 14.0. The van der Waals surface area contributed by atoms with E-state index in [9.17, 15) is 0 Å². The summed E-state index contributed by atoms with van der Waals surface area (Å²) < 4.78 is 2.37. The molecular weight excluding hydrogens is 482 g/mol. The second-order valence-electron chi connectivity index (χ2n) is 11.4. The highest BCUT2D eigenvalue weighted by Crippen LogP contribution is 2.49. The summed E-state index contributed by atoms with van der Waals surface area (Å²) in [6, 6.07) is 51.1. The second kappa shape index (κ2) is 8.56. The van der Waals surface area contributed by atoms with Gasteiger partial charge in [0, 0.05) is 21.9 Å². The molecule has 0 radical (unpaired) electrons. The molecule has 40 heavy (non-hydrogen) atoms. The Balaban J connectivity index is 1.13. The molecular formula is C39H29N. The maximum Gasteiger partial charge on any atom is 0.0541 e. The van der Waals surface area contributed by atoms with Crippen LogP contribution >= 0.6 is 0 Å². The molecule has 8 rings (SSSR count). The van der Waals surface area contributed by atoms with Crippen molar-refractivity contribution in [3.8, 4) is 39.1 Å². The number of para-hydroxylation sites is 2. The van der Waals surface area contributed by atoms with Gasteiger partial charge in [-0.3, -0.25) is 0 Å². The first kappa shape index (κ1) is 23.0. The van der Waals surface area contributed by atoms with E-state index < -0.39 is 0 Å². The van der Waals surface area contributed by atoms with Crippen LogP contribution in [-0.4, -0.2) is 4.57 Å². The summed E-state index contributed by atoms with van der Waals surface area (Å²) in [5.41, 5.74) is 14.2. The molecule has 1 heteroatoms. The van der Waals surface area contributed by atoms with E-state index in [0.29, 0.717) is 0 Å². The third kappa shape index (κ3) is 3.34. The zero-order valence-corrected chi connectivity index (χ0v) is 22.7. The summed E-state index contributed by atoms with van der Waals surface area (Å²) in [4.78, 5) is 0. The van der Waals surface area contributed by atoms with E-state index in [4.69, 9.17) is 0 Å². The normalized spacial score (nSPS) is 13.4. The molecule has 6 aromatic carbocycles. The molecule has 1 aliphatic carbocycles. The zero-order chi connectivity index (χ0) is 26.8. The molecule has 7 aromatic rings. The van der Waals surface area contributed by atoms with E-state index >= 15 is 0 Å². The minimum absolute atomic E-state index is 0.0414. The van der Waals surface area contributed by atoms with E-state index in [1.807, 2.05) is 0 Å². The van der Waals surface area contributed by atoms with Crippen molar-refractivity contribution in [2.24, 2.45) is 0 Å². The lowest BCUT2D eigenvalue weighted by molar-refractivity contribution is 0.660. The highest BCUT2D eigenvalue weighted by atomic mass is 15.0. The predicted molar refractivity (Wildman–Crippen MR) is 169 cm³/mol. The predicted octanol–water partition coefficient (Wildman–Crippen LogP) is 10.4. The second-order valence-corrected chi connectivity index (χ2v) is 11.4. The van der Waals surface area contributed by atoms with Crippen molar-refractivity contribution in [3.05, 3.63) is 151 Å². The molecule has 0 spiro atoms. The first-order chi connectivity index (χ1) is 19.6. The van der Waals surface area contributed by atoms with E-state index in [2.05, 4.69) is 158 Å². The van der Waals surface area contributed by atoms with Gasteiger partial charge >= 0.3 is 0 Å². The highest BCUT2D eigenvalue weighted by Gasteiger charge is 2.35. The summed E-state index contributed by atoms with van der Waals surface area (Å²) in [5, 5.41) is 2.58. The number of fused-ring (bicyclic) bond motifs is 6. The minimum atomic E-state index is 0.0414. The summed E-state index contributed by atoms with van der Waals surface area (Å²) in [6.07, 6.45) is 0.